The summed E-state index contributed by atoms with van der Waals surface area (Å²) in [5.74, 6) is 1.42. The highest BCUT2D eigenvalue weighted by Gasteiger charge is 2.03. The van der Waals surface area contributed by atoms with Gasteiger partial charge in [0.1, 0.15) is 17.2 Å². The van der Waals surface area contributed by atoms with Crippen molar-refractivity contribution in [2.45, 2.75) is 25.8 Å². The van der Waals surface area contributed by atoms with E-state index in [1.54, 1.807) is 18.6 Å². The molecule has 0 spiro atoms. The Bertz CT molecular complexity index is 1050. The molecule has 3 N–H and O–H groups in total. The number of benzene rings is 1. The first-order chi connectivity index (χ1) is 14.9. The monoisotopic (exact) mass is 399 g/mol. The summed E-state index contributed by atoms with van der Waals surface area (Å²) in [6.45, 7) is 1.52. The predicted molar refractivity (Wildman–Crippen MR) is 120 cm³/mol. The van der Waals surface area contributed by atoms with Gasteiger partial charge in [-0.3, -0.25) is 4.98 Å². The minimum Gasteiger partial charge on any atom is -0.365 e. The minimum absolute atomic E-state index is 0.602. The molecule has 3 heterocycles. The summed E-state index contributed by atoms with van der Waals surface area (Å²) in [4.78, 5) is 17.6. The number of hydrogen-bond donors (Lipinski definition) is 3. The van der Waals surface area contributed by atoms with E-state index < -0.39 is 0 Å². The zero-order chi connectivity index (χ0) is 20.4. The molecule has 0 aliphatic carbocycles. The van der Waals surface area contributed by atoms with Crippen molar-refractivity contribution in [3.63, 3.8) is 0 Å². The molecular formula is C23H25N7. The highest BCUT2D eigenvalue weighted by Crippen LogP contribution is 2.14. The lowest BCUT2D eigenvalue weighted by Crippen LogP contribution is -2.23. The van der Waals surface area contributed by atoms with Gasteiger partial charge in [0.25, 0.3) is 0 Å². The van der Waals surface area contributed by atoms with E-state index in [0.29, 0.717) is 18.0 Å². The lowest BCUT2D eigenvalue weighted by molar-refractivity contribution is 0.670. The maximum atomic E-state index is 4.57. The number of hydrogen-bond acceptors (Lipinski definition) is 7. The van der Waals surface area contributed by atoms with Crippen LogP contribution in [-0.4, -0.2) is 26.5 Å². The van der Waals surface area contributed by atoms with Crippen LogP contribution in [0.2, 0.25) is 0 Å². The quantitative estimate of drug-likeness (QED) is 0.275. The summed E-state index contributed by atoms with van der Waals surface area (Å²) in [6.07, 6.45) is 8.60. The molecule has 7 nitrogen and oxygen atoms in total. The zero-order valence-electron chi connectivity index (χ0n) is 16.8. The van der Waals surface area contributed by atoms with Crippen LogP contribution < -0.4 is 16.2 Å². The first-order valence-electron chi connectivity index (χ1n) is 10.2. The van der Waals surface area contributed by atoms with Gasteiger partial charge in [0.15, 0.2) is 5.65 Å². The number of pyridine rings is 2. The number of nitrogens with zero attached hydrogens (tertiary/aromatic N) is 4. The lowest BCUT2D eigenvalue weighted by atomic mass is 10.1. The molecule has 0 fully saturated rings. The Morgan fingerprint density at radius 3 is 2.47 bits per heavy atom. The van der Waals surface area contributed by atoms with Crippen LogP contribution in [0, 0.1) is 0 Å². The topological polar surface area (TPSA) is 87.7 Å². The summed E-state index contributed by atoms with van der Waals surface area (Å²) in [5, 5.41) is 3.27. The maximum Gasteiger partial charge on any atom is 0.182 e. The van der Waals surface area contributed by atoms with E-state index >= 15 is 0 Å². The molecule has 0 saturated carbocycles. The van der Waals surface area contributed by atoms with E-state index in [-0.39, 0.29) is 0 Å². The smallest absolute Gasteiger partial charge is 0.182 e. The Hall–Kier alpha value is -3.58. The number of aromatic nitrogens is 4. The third kappa shape index (κ3) is 5.71. The molecule has 152 valence electrons. The van der Waals surface area contributed by atoms with E-state index in [4.69, 9.17) is 0 Å². The van der Waals surface area contributed by atoms with Crippen molar-refractivity contribution in [3.05, 3.63) is 84.3 Å². The van der Waals surface area contributed by atoms with Crippen LogP contribution >= 0.6 is 0 Å². The average Bonchev–Trinajstić information content (AvgIpc) is 2.81. The van der Waals surface area contributed by atoms with Crippen LogP contribution in [0.15, 0.2) is 73.2 Å². The van der Waals surface area contributed by atoms with Crippen molar-refractivity contribution < 1.29 is 0 Å². The number of hydrazine groups is 1. The van der Waals surface area contributed by atoms with E-state index in [0.717, 1.165) is 42.7 Å². The van der Waals surface area contributed by atoms with Crippen LogP contribution in [0.4, 0.5) is 11.6 Å². The average molecular weight is 400 g/mol. The molecule has 4 aromatic rings. The molecule has 0 aliphatic rings. The largest absolute Gasteiger partial charge is 0.365 e. The summed E-state index contributed by atoms with van der Waals surface area (Å²) in [6, 6.07) is 18.3. The van der Waals surface area contributed by atoms with Gasteiger partial charge in [-0.1, -0.05) is 30.3 Å². The molecule has 0 atom stereocenters. The normalized spacial score (nSPS) is 10.8. The third-order valence-electron chi connectivity index (χ3n) is 4.71. The number of aryl methyl sites for hydroxylation is 1. The molecule has 1 aromatic carbocycles. The number of rotatable bonds is 10. The van der Waals surface area contributed by atoms with Crippen molar-refractivity contribution in [3.8, 4) is 0 Å². The number of fused-ring (bicyclic) bond motifs is 1. The fourth-order valence-electron chi connectivity index (χ4n) is 3.09. The van der Waals surface area contributed by atoms with Gasteiger partial charge >= 0.3 is 0 Å². The van der Waals surface area contributed by atoms with Gasteiger partial charge in [0.2, 0.25) is 0 Å². The van der Waals surface area contributed by atoms with Crippen LogP contribution in [0.5, 0.6) is 0 Å². The lowest BCUT2D eigenvalue weighted by Gasteiger charge is -2.09. The van der Waals surface area contributed by atoms with Gasteiger partial charge in [-0.2, -0.15) is 0 Å². The van der Waals surface area contributed by atoms with Gasteiger partial charge in [-0.25, -0.2) is 20.4 Å². The Morgan fingerprint density at radius 1 is 0.767 bits per heavy atom. The van der Waals surface area contributed by atoms with E-state index in [9.17, 15) is 0 Å². The highest BCUT2D eigenvalue weighted by atomic mass is 15.4. The highest BCUT2D eigenvalue weighted by molar-refractivity contribution is 5.73. The second-order valence-corrected chi connectivity index (χ2v) is 7.00. The van der Waals surface area contributed by atoms with Gasteiger partial charge in [0, 0.05) is 25.5 Å². The standard InChI is InChI=1S/C23H25N7/c1-2-6-18(7-3-1)8-4-5-13-27-30-21-10-9-20-23(28-21)29-22(17-25-20)26-16-19-11-14-24-15-12-19/h1-3,6-7,9-12,14-15,17,27H,4-5,8,13,16H2,(H2,26,28,29,30). The molecule has 0 saturated heterocycles. The molecule has 4 rings (SSSR count). The molecule has 0 bridgehead atoms. The van der Waals surface area contributed by atoms with Gasteiger partial charge in [-0.05, 0) is 54.7 Å². The third-order valence-corrected chi connectivity index (χ3v) is 4.71. The Kier molecular flexibility index (Phi) is 6.75. The maximum absolute atomic E-state index is 4.57. The minimum atomic E-state index is 0.602. The van der Waals surface area contributed by atoms with Gasteiger partial charge in [-0.15, -0.1) is 0 Å². The Morgan fingerprint density at radius 2 is 1.60 bits per heavy atom. The molecule has 7 heteroatoms. The number of nitrogens with one attached hydrogen (secondary N) is 3. The summed E-state index contributed by atoms with van der Waals surface area (Å²) in [5.41, 5.74) is 10.3. The van der Waals surface area contributed by atoms with Crippen molar-refractivity contribution in [1.29, 1.82) is 0 Å². The Labute approximate surface area is 176 Å². The van der Waals surface area contributed by atoms with Crippen molar-refractivity contribution in [1.82, 2.24) is 25.4 Å². The van der Waals surface area contributed by atoms with Crippen LogP contribution in [0.3, 0.4) is 0 Å². The van der Waals surface area contributed by atoms with Crippen LogP contribution in [-0.2, 0) is 13.0 Å². The van der Waals surface area contributed by atoms with Crippen molar-refractivity contribution in [2.75, 3.05) is 17.3 Å². The number of unbranched alkanes of at least 4 members (excludes halogenated alkanes) is 1. The van der Waals surface area contributed by atoms with E-state index in [2.05, 4.69) is 66.4 Å². The SMILES string of the molecule is c1ccc(CCCCNNc2ccc3ncc(NCc4ccncc4)nc3n2)cc1. The predicted octanol–water partition coefficient (Wildman–Crippen LogP) is 3.97. The fourth-order valence-corrected chi connectivity index (χ4v) is 3.09. The summed E-state index contributed by atoms with van der Waals surface area (Å²) >= 11 is 0. The number of anilines is 2. The molecule has 0 amide bonds. The summed E-state index contributed by atoms with van der Waals surface area (Å²) in [7, 11) is 0. The first-order valence-corrected chi connectivity index (χ1v) is 10.2. The second kappa shape index (κ2) is 10.3. The van der Waals surface area contributed by atoms with Crippen LogP contribution in [0.1, 0.15) is 24.0 Å². The van der Waals surface area contributed by atoms with Crippen molar-refractivity contribution >= 4 is 22.8 Å². The molecule has 0 radical (unpaired) electrons. The van der Waals surface area contributed by atoms with E-state index in [1.165, 1.54) is 5.56 Å². The van der Waals surface area contributed by atoms with E-state index in [1.807, 2.05) is 24.3 Å². The summed E-state index contributed by atoms with van der Waals surface area (Å²) < 4.78 is 0. The van der Waals surface area contributed by atoms with Crippen LogP contribution in [0.25, 0.3) is 11.2 Å². The van der Waals surface area contributed by atoms with Gasteiger partial charge < -0.3 is 10.7 Å². The molecule has 30 heavy (non-hydrogen) atoms. The fraction of sp³-hybridized carbons (Fsp3) is 0.217. The van der Waals surface area contributed by atoms with Crippen molar-refractivity contribution in [2.24, 2.45) is 0 Å². The molecule has 3 aromatic heterocycles. The Balaban J connectivity index is 1.25. The molecule has 0 aliphatic heterocycles. The molecular weight excluding hydrogens is 374 g/mol. The molecule has 0 unspecified atom stereocenters. The second-order valence-electron chi connectivity index (χ2n) is 7.00. The zero-order valence-corrected chi connectivity index (χ0v) is 16.8. The first kappa shape index (κ1) is 19.7. The van der Waals surface area contributed by atoms with Gasteiger partial charge in [0.05, 0.1) is 6.20 Å².